The molecule has 2 N–H and O–H groups in total. The van der Waals surface area contributed by atoms with Crippen LogP contribution < -0.4 is 10.1 Å². The number of carboxylic acid groups (broad SMARTS) is 1. The van der Waals surface area contributed by atoms with Crippen LogP contribution in [-0.2, 0) is 4.79 Å². The lowest BCUT2D eigenvalue weighted by Gasteiger charge is -2.16. The third-order valence-corrected chi connectivity index (χ3v) is 2.71. The molecule has 0 aliphatic heterocycles. The minimum absolute atomic E-state index is 0.0122. The van der Waals surface area contributed by atoms with Gasteiger partial charge in [-0.3, -0.25) is 9.78 Å². The van der Waals surface area contributed by atoms with Gasteiger partial charge in [0.15, 0.2) is 11.9 Å². The molecular formula is C14H20N2O4. The van der Waals surface area contributed by atoms with Crippen LogP contribution >= 0.6 is 0 Å². The Hall–Kier alpha value is -2.11. The van der Waals surface area contributed by atoms with E-state index in [1.165, 1.54) is 18.5 Å². The largest absolute Gasteiger partial charge is 0.478 e. The molecule has 6 nitrogen and oxygen atoms in total. The number of hydrogen-bond donors (Lipinski definition) is 2. The van der Waals surface area contributed by atoms with Crippen LogP contribution in [0.3, 0.4) is 0 Å². The van der Waals surface area contributed by atoms with E-state index >= 15 is 0 Å². The molecule has 0 aromatic carbocycles. The van der Waals surface area contributed by atoms with Crippen LogP contribution in [0.15, 0.2) is 18.5 Å². The molecule has 0 aliphatic rings. The van der Waals surface area contributed by atoms with Gasteiger partial charge in [-0.15, -0.1) is 0 Å². The topological polar surface area (TPSA) is 88.5 Å². The molecule has 1 rings (SSSR count). The van der Waals surface area contributed by atoms with Gasteiger partial charge in [0.05, 0.1) is 6.20 Å². The lowest BCUT2D eigenvalue weighted by molar-refractivity contribution is -0.127. The van der Waals surface area contributed by atoms with E-state index in [-0.39, 0.29) is 17.2 Å². The molecule has 0 saturated carbocycles. The summed E-state index contributed by atoms with van der Waals surface area (Å²) in [6, 6.07) is 1.33. The summed E-state index contributed by atoms with van der Waals surface area (Å²) in [4.78, 5) is 26.6. The number of ether oxygens (including phenoxy) is 1. The summed E-state index contributed by atoms with van der Waals surface area (Å²) in [6.45, 7) is 6.29. The third-order valence-electron chi connectivity index (χ3n) is 2.71. The van der Waals surface area contributed by atoms with Crippen molar-refractivity contribution in [2.75, 3.05) is 6.54 Å². The summed E-state index contributed by atoms with van der Waals surface area (Å²) in [7, 11) is 0. The Labute approximate surface area is 118 Å². The third kappa shape index (κ3) is 4.87. The molecule has 0 radical (unpaired) electrons. The number of carbonyl (C=O) groups excluding carboxylic acids is 1. The van der Waals surface area contributed by atoms with Crippen LogP contribution in [0.25, 0.3) is 0 Å². The highest BCUT2D eigenvalue weighted by Gasteiger charge is 2.18. The highest BCUT2D eigenvalue weighted by molar-refractivity contribution is 5.90. The maximum atomic E-state index is 11.8. The highest BCUT2D eigenvalue weighted by atomic mass is 16.5. The van der Waals surface area contributed by atoms with E-state index in [0.717, 1.165) is 6.42 Å². The quantitative estimate of drug-likeness (QED) is 0.793. The Morgan fingerprint density at radius 2 is 2.10 bits per heavy atom. The summed E-state index contributed by atoms with van der Waals surface area (Å²) in [5.74, 6) is -0.796. The maximum Gasteiger partial charge on any atom is 0.339 e. The molecule has 1 amide bonds. The highest BCUT2D eigenvalue weighted by Crippen LogP contribution is 2.17. The zero-order valence-corrected chi connectivity index (χ0v) is 11.9. The first kappa shape index (κ1) is 15.9. The average Bonchev–Trinajstić information content (AvgIpc) is 2.38. The van der Waals surface area contributed by atoms with Crippen LogP contribution in [0, 0.1) is 5.92 Å². The molecule has 0 spiro atoms. The summed E-state index contributed by atoms with van der Waals surface area (Å²) in [5, 5.41) is 11.8. The van der Waals surface area contributed by atoms with Crippen LogP contribution in [0.5, 0.6) is 5.75 Å². The van der Waals surface area contributed by atoms with Crippen molar-refractivity contribution in [2.45, 2.75) is 33.3 Å². The van der Waals surface area contributed by atoms with E-state index in [0.29, 0.717) is 12.5 Å². The van der Waals surface area contributed by atoms with Gasteiger partial charge in [-0.05, 0) is 25.3 Å². The van der Waals surface area contributed by atoms with Crippen LogP contribution in [0.4, 0.5) is 0 Å². The van der Waals surface area contributed by atoms with Crippen molar-refractivity contribution in [2.24, 2.45) is 5.92 Å². The summed E-state index contributed by atoms with van der Waals surface area (Å²) in [6.07, 6.45) is 2.76. The summed E-state index contributed by atoms with van der Waals surface area (Å²) >= 11 is 0. The van der Waals surface area contributed by atoms with Gasteiger partial charge in [0.1, 0.15) is 5.56 Å². The Kier molecular flexibility index (Phi) is 5.96. The van der Waals surface area contributed by atoms with Crippen molar-refractivity contribution < 1.29 is 19.4 Å². The van der Waals surface area contributed by atoms with Gasteiger partial charge in [0, 0.05) is 12.7 Å². The van der Waals surface area contributed by atoms with Crippen molar-refractivity contribution in [3.05, 3.63) is 24.0 Å². The molecular weight excluding hydrogens is 260 g/mol. The summed E-state index contributed by atoms with van der Waals surface area (Å²) in [5.41, 5.74) is -0.0122. The second kappa shape index (κ2) is 7.47. The number of nitrogens with zero attached hydrogens (tertiary/aromatic N) is 1. The fraction of sp³-hybridized carbons (Fsp3) is 0.500. The van der Waals surface area contributed by atoms with Crippen molar-refractivity contribution in [3.63, 3.8) is 0 Å². The van der Waals surface area contributed by atoms with E-state index < -0.39 is 12.1 Å². The van der Waals surface area contributed by atoms with E-state index in [2.05, 4.69) is 24.1 Å². The van der Waals surface area contributed by atoms with Crippen LogP contribution in [-0.4, -0.2) is 34.6 Å². The molecule has 20 heavy (non-hydrogen) atoms. The number of pyridine rings is 1. The predicted octanol–water partition coefficient (Wildman–Crippen LogP) is 1.71. The van der Waals surface area contributed by atoms with Gasteiger partial charge in [-0.2, -0.15) is 0 Å². The normalized spacial score (nSPS) is 12.0. The zero-order valence-electron chi connectivity index (χ0n) is 11.9. The van der Waals surface area contributed by atoms with Gasteiger partial charge in [-0.1, -0.05) is 13.8 Å². The number of carbonyl (C=O) groups is 2. The molecule has 0 fully saturated rings. The standard InChI is InChI=1S/C14H20N2O4/c1-9(2)4-7-16-13(17)10(3)20-12-8-15-6-5-11(12)14(18)19/h5-6,8-10H,4,7H2,1-3H3,(H,16,17)(H,18,19). The van der Waals surface area contributed by atoms with Gasteiger partial charge in [0.2, 0.25) is 0 Å². The SMILES string of the molecule is CC(C)CCNC(=O)C(C)Oc1cnccc1C(=O)O. The van der Waals surface area contributed by atoms with E-state index in [1.54, 1.807) is 6.92 Å². The average molecular weight is 280 g/mol. The van der Waals surface area contributed by atoms with Gasteiger partial charge in [-0.25, -0.2) is 4.79 Å². The van der Waals surface area contributed by atoms with Crippen LogP contribution in [0.2, 0.25) is 0 Å². The molecule has 110 valence electrons. The van der Waals surface area contributed by atoms with Crippen molar-refractivity contribution in [3.8, 4) is 5.75 Å². The molecule has 0 saturated heterocycles. The number of rotatable bonds is 7. The molecule has 6 heteroatoms. The van der Waals surface area contributed by atoms with Gasteiger partial charge in [0.25, 0.3) is 5.91 Å². The lowest BCUT2D eigenvalue weighted by atomic mass is 10.1. The molecule has 1 aromatic heterocycles. The van der Waals surface area contributed by atoms with E-state index in [9.17, 15) is 9.59 Å². The minimum atomic E-state index is -1.12. The molecule has 0 bridgehead atoms. The minimum Gasteiger partial charge on any atom is -0.478 e. The van der Waals surface area contributed by atoms with Crippen LogP contribution in [0.1, 0.15) is 37.6 Å². The zero-order chi connectivity index (χ0) is 15.1. The first-order valence-electron chi connectivity index (χ1n) is 6.53. The molecule has 0 aliphatic carbocycles. The number of aromatic carboxylic acids is 1. The predicted molar refractivity (Wildman–Crippen MR) is 73.8 cm³/mol. The molecule has 1 unspecified atom stereocenters. The maximum absolute atomic E-state index is 11.8. The number of carboxylic acids is 1. The summed E-state index contributed by atoms with van der Waals surface area (Å²) < 4.78 is 5.37. The number of nitrogens with one attached hydrogen (secondary N) is 1. The Bertz CT molecular complexity index is 474. The monoisotopic (exact) mass is 280 g/mol. The smallest absolute Gasteiger partial charge is 0.339 e. The van der Waals surface area contributed by atoms with Gasteiger partial charge >= 0.3 is 5.97 Å². The van der Waals surface area contributed by atoms with Crippen molar-refractivity contribution in [1.82, 2.24) is 10.3 Å². The Morgan fingerprint density at radius 3 is 2.70 bits per heavy atom. The number of amides is 1. The molecule has 1 atom stereocenters. The Balaban J connectivity index is 2.59. The lowest BCUT2D eigenvalue weighted by Crippen LogP contribution is -2.37. The first-order chi connectivity index (χ1) is 9.41. The molecule has 1 heterocycles. The van der Waals surface area contributed by atoms with Gasteiger partial charge < -0.3 is 15.2 Å². The van der Waals surface area contributed by atoms with E-state index in [1.807, 2.05) is 0 Å². The molecule has 1 aromatic rings. The fourth-order valence-corrected chi connectivity index (χ4v) is 1.52. The number of hydrogen-bond acceptors (Lipinski definition) is 4. The van der Waals surface area contributed by atoms with Crippen molar-refractivity contribution >= 4 is 11.9 Å². The first-order valence-corrected chi connectivity index (χ1v) is 6.53. The fourth-order valence-electron chi connectivity index (χ4n) is 1.52. The second-order valence-electron chi connectivity index (χ2n) is 4.91. The number of aromatic nitrogens is 1. The van der Waals surface area contributed by atoms with Crippen molar-refractivity contribution in [1.29, 1.82) is 0 Å². The van der Waals surface area contributed by atoms with E-state index in [4.69, 9.17) is 9.84 Å². The Morgan fingerprint density at radius 1 is 1.40 bits per heavy atom. The second-order valence-corrected chi connectivity index (χ2v) is 4.91.